The number of aliphatic hydroxyl groups excluding tert-OH is 1. The van der Waals surface area contributed by atoms with E-state index in [0.29, 0.717) is 24.0 Å². The van der Waals surface area contributed by atoms with E-state index in [1.165, 1.54) is 11.8 Å². The van der Waals surface area contributed by atoms with Crippen LogP contribution in [0.1, 0.15) is 52.4 Å². The third-order valence-corrected chi connectivity index (χ3v) is 10.4. The van der Waals surface area contributed by atoms with Gasteiger partial charge in [0, 0.05) is 17.6 Å². The van der Waals surface area contributed by atoms with Gasteiger partial charge in [-0.3, -0.25) is 14.4 Å². The number of aliphatic hydroxyl groups is 1. The van der Waals surface area contributed by atoms with Gasteiger partial charge in [-0.05, 0) is 73.9 Å². The maximum absolute atomic E-state index is 13.4. The van der Waals surface area contributed by atoms with Gasteiger partial charge >= 0.3 is 5.97 Å². The van der Waals surface area contributed by atoms with Gasteiger partial charge in [-0.2, -0.15) is 11.8 Å². The summed E-state index contributed by atoms with van der Waals surface area (Å²) in [6.07, 6.45) is 9.07. The first-order chi connectivity index (χ1) is 14.6. The molecule has 4 aliphatic rings. The van der Waals surface area contributed by atoms with Gasteiger partial charge in [0.25, 0.3) is 0 Å². The average Bonchev–Trinajstić information content (AvgIpc) is 3.00. The van der Waals surface area contributed by atoms with Gasteiger partial charge in [0.1, 0.15) is 5.94 Å². The minimum Gasteiger partial charge on any atom is -0.454 e. The number of esters is 1. The average molecular weight is 467 g/mol. The Labute approximate surface area is 193 Å². The number of thioether (sulfide) groups is 2. The highest BCUT2D eigenvalue weighted by atomic mass is 32.2. The van der Waals surface area contributed by atoms with Crippen molar-refractivity contribution < 1.29 is 24.2 Å². The quantitative estimate of drug-likeness (QED) is 0.374. The van der Waals surface area contributed by atoms with E-state index in [4.69, 9.17) is 4.74 Å². The lowest BCUT2D eigenvalue weighted by atomic mass is 9.44. The Morgan fingerprint density at radius 2 is 1.97 bits per heavy atom. The number of ketones is 2. The maximum atomic E-state index is 13.4. The molecule has 31 heavy (non-hydrogen) atoms. The SMILES string of the molecule is CSCOC(=O)[C@@]1(CSC)CC[C@H]2[C@@H]3CCC4=CC(=O)C(=O)C[C@]4(C)[C@H]3[C@@H](O)C[C@@]21C. The van der Waals surface area contributed by atoms with Crippen molar-refractivity contribution in [3.05, 3.63) is 11.6 Å². The summed E-state index contributed by atoms with van der Waals surface area (Å²) in [5.41, 5.74) is -0.348. The highest BCUT2D eigenvalue weighted by Crippen LogP contribution is 2.70. The van der Waals surface area contributed by atoms with Crippen LogP contribution in [0.15, 0.2) is 11.6 Å². The van der Waals surface area contributed by atoms with Crippen LogP contribution in [0, 0.1) is 34.0 Å². The topological polar surface area (TPSA) is 80.7 Å². The first-order valence-electron chi connectivity index (χ1n) is 11.3. The zero-order valence-corrected chi connectivity index (χ0v) is 20.6. The lowest BCUT2D eigenvalue weighted by Crippen LogP contribution is -2.60. The van der Waals surface area contributed by atoms with Crippen molar-refractivity contribution in [1.82, 2.24) is 0 Å². The predicted molar refractivity (Wildman–Crippen MR) is 124 cm³/mol. The van der Waals surface area contributed by atoms with E-state index in [0.717, 1.165) is 31.3 Å². The summed E-state index contributed by atoms with van der Waals surface area (Å²) in [5, 5.41) is 11.5. The number of carbonyl (C=O) groups excluding carboxylic acids is 3. The number of ether oxygens (including phenoxy) is 1. The second-order valence-corrected chi connectivity index (χ2v) is 12.1. The molecule has 0 spiro atoms. The van der Waals surface area contributed by atoms with Crippen molar-refractivity contribution in [3.8, 4) is 0 Å². The summed E-state index contributed by atoms with van der Waals surface area (Å²) in [6, 6.07) is 0. The summed E-state index contributed by atoms with van der Waals surface area (Å²) in [4.78, 5) is 37.8. The van der Waals surface area contributed by atoms with Gasteiger partial charge in [0.2, 0.25) is 11.6 Å². The van der Waals surface area contributed by atoms with Gasteiger partial charge in [-0.1, -0.05) is 19.4 Å². The summed E-state index contributed by atoms with van der Waals surface area (Å²) in [5.74, 6) is 0.714. The number of hydrogen-bond acceptors (Lipinski definition) is 7. The Bertz CT molecular complexity index is 825. The Balaban J connectivity index is 1.72. The molecule has 0 unspecified atom stereocenters. The number of Topliss-reactive ketones (excluding diaryl/α,β-unsaturated/α-hetero) is 1. The van der Waals surface area contributed by atoms with Crippen molar-refractivity contribution >= 4 is 41.1 Å². The third kappa shape index (κ3) is 3.28. The van der Waals surface area contributed by atoms with Gasteiger partial charge in [-0.15, -0.1) is 11.8 Å². The molecule has 5 nitrogen and oxygen atoms in total. The fraction of sp³-hybridized carbons (Fsp3) is 0.792. The van der Waals surface area contributed by atoms with E-state index in [2.05, 4.69) is 13.8 Å². The minimum atomic E-state index is -0.603. The van der Waals surface area contributed by atoms with Crippen molar-refractivity contribution in [2.45, 2.75) is 58.5 Å². The molecule has 0 amide bonds. The van der Waals surface area contributed by atoms with Crippen LogP contribution in [0.4, 0.5) is 0 Å². The van der Waals surface area contributed by atoms with Gasteiger partial charge < -0.3 is 9.84 Å². The van der Waals surface area contributed by atoms with Crippen LogP contribution < -0.4 is 0 Å². The van der Waals surface area contributed by atoms with Crippen LogP contribution in [0.25, 0.3) is 0 Å². The van der Waals surface area contributed by atoms with Gasteiger partial charge in [0.05, 0.1) is 11.5 Å². The van der Waals surface area contributed by atoms with Crippen molar-refractivity contribution in [3.63, 3.8) is 0 Å². The van der Waals surface area contributed by atoms with E-state index < -0.39 is 22.7 Å². The number of rotatable bonds is 5. The third-order valence-electron chi connectivity index (χ3n) is 9.23. The zero-order chi connectivity index (χ0) is 22.6. The molecule has 4 aliphatic carbocycles. The lowest BCUT2D eigenvalue weighted by molar-refractivity contribution is -0.175. The molecule has 0 aromatic heterocycles. The second-order valence-electron chi connectivity index (χ2n) is 10.5. The van der Waals surface area contributed by atoms with Crippen LogP contribution in [-0.2, 0) is 19.1 Å². The molecule has 7 heteroatoms. The molecule has 0 saturated heterocycles. The molecule has 0 aromatic rings. The monoisotopic (exact) mass is 466 g/mol. The molecule has 0 aliphatic heterocycles. The highest BCUT2D eigenvalue weighted by Gasteiger charge is 2.69. The Morgan fingerprint density at radius 3 is 2.65 bits per heavy atom. The summed E-state index contributed by atoms with van der Waals surface area (Å²) < 4.78 is 5.69. The van der Waals surface area contributed by atoms with E-state index in [1.807, 2.05) is 12.5 Å². The Kier molecular flexibility index (Phi) is 6.19. The number of hydrogen-bond donors (Lipinski definition) is 1. The number of allylic oxidation sites excluding steroid dienone is 1. The molecule has 0 bridgehead atoms. The van der Waals surface area contributed by atoms with E-state index >= 15 is 0 Å². The van der Waals surface area contributed by atoms with Crippen LogP contribution in [0.2, 0.25) is 0 Å². The predicted octanol–water partition coefficient (Wildman–Crippen LogP) is 3.88. The fourth-order valence-electron chi connectivity index (χ4n) is 7.85. The van der Waals surface area contributed by atoms with Crippen LogP contribution >= 0.6 is 23.5 Å². The molecule has 3 fully saturated rings. The minimum absolute atomic E-state index is 0.0464. The fourth-order valence-corrected chi connectivity index (χ4v) is 9.16. The standard InChI is InChI=1S/C24H34O5S2/c1-22-10-18(26)17(25)9-14(22)5-6-15-16-7-8-24(12-30-3,21(28)29-13-31-4)23(16,2)11-19(27)20(15)22/h9,15-16,19-20,27H,5-8,10-13H2,1-4H3/t15-,16-,19-,20+,22-,23-,24-/m0/s1. The highest BCUT2D eigenvalue weighted by molar-refractivity contribution is 7.98. The molecule has 1 N–H and O–H groups in total. The number of fused-ring (bicyclic) bond motifs is 5. The normalized spacial score (nSPS) is 44.2. The molecule has 3 saturated carbocycles. The Morgan fingerprint density at radius 1 is 1.23 bits per heavy atom. The largest absolute Gasteiger partial charge is 0.454 e. The molecular formula is C24H34O5S2. The summed E-state index contributed by atoms with van der Waals surface area (Å²) >= 11 is 3.18. The van der Waals surface area contributed by atoms with Crippen LogP contribution in [0.3, 0.4) is 0 Å². The van der Waals surface area contributed by atoms with Crippen molar-refractivity contribution in [1.29, 1.82) is 0 Å². The van der Waals surface area contributed by atoms with E-state index in [1.54, 1.807) is 17.8 Å². The maximum Gasteiger partial charge on any atom is 0.314 e. The van der Waals surface area contributed by atoms with Gasteiger partial charge in [0.15, 0.2) is 0 Å². The van der Waals surface area contributed by atoms with Gasteiger partial charge in [-0.25, -0.2) is 0 Å². The van der Waals surface area contributed by atoms with E-state index in [9.17, 15) is 19.5 Å². The molecule has 172 valence electrons. The molecule has 4 rings (SSSR count). The molecule has 7 atom stereocenters. The molecule has 0 radical (unpaired) electrons. The summed E-state index contributed by atoms with van der Waals surface area (Å²) in [6.45, 7) is 4.27. The van der Waals surface area contributed by atoms with Crippen LogP contribution in [-0.4, -0.2) is 52.9 Å². The smallest absolute Gasteiger partial charge is 0.314 e. The Hall–Kier alpha value is -0.790. The van der Waals surface area contributed by atoms with Crippen molar-refractivity contribution in [2.75, 3.05) is 24.2 Å². The molecular weight excluding hydrogens is 432 g/mol. The summed E-state index contributed by atoms with van der Waals surface area (Å²) in [7, 11) is 0. The first-order valence-corrected chi connectivity index (χ1v) is 14.0. The van der Waals surface area contributed by atoms with Crippen LogP contribution in [0.5, 0.6) is 0 Å². The lowest BCUT2D eigenvalue weighted by Gasteiger charge is -2.60. The molecule has 0 heterocycles. The molecule has 0 aromatic carbocycles. The van der Waals surface area contributed by atoms with E-state index in [-0.39, 0.29) is 35.4 Å². The first kappa shape index (κ1) is 23.4. The van der Waals surface area contributed by atoms with Crippen molar-refractivity contribution in [2.24, 2.45) is 34.0 Å². The number of carbonyl (C=O) groups is 3. The zero-order valence-electron chi connectivity index (χ0n) is 18.9. The second kappa shape index (κ2) is 8.21.